The maximum absolute atomic E-state index is 5.74. The zero-order chi connectivity index (χ0) is 10.8. The van der Waals surface area contributed by atoms with Gasteiger partial charge in [0.15, 0.2) is 0 Å². The van der Waals surface area contributed by atoms with Crippen LogP contribution in [-0.4, -0.2) is 25.8 Å². The molecule has 1 fully saturated rings. The molecule has 2 rings (SSSR count). The number of rotatable bonds is 1. The van der Waals surface area contributed by atoms with Gasteiger partial charge in [0.25, 0.3) is 0 Å². The maximum Gasteiger partial charge on any atom is 0.0722 e. The molecule has 1 saturated heterocycles. The average molecular weight is 318 g/mol. The number of hydrogen-bond donors (Lipinski definition) is 1. The quantitative estimate of drug-likeness (QED) is 0.637. The van der Waals surface area contributed by atoms with E-state index in [0.29, 0.717) is 6.10 Å². The van der Waals surface area contributed by atoms with E-state index in [2.05, 4.69) is 40.5 Å². The highest BCUT2D eigenvalue weighted by Crippen LogP contribution is 2.26. The van der Waals surface area contributed by atoms with Crippen LogP contribution in [0.3, 0.4) is 0 Å². The monoisotopic (exact) mass is 318 g/mol. The Hall–Kier alpha value is -0.490. The molecule has 82 valence electrons. The maximum atomic E-state index is 5.74. The molecule has 0 aromatic heterocycles. The first-order chi connectivity index (χ1) is 7.16. The molecule has 1 aromatic carbocycles. The van der Waals surface area contributed by atoms with E-state index in [0.717, 1.165) is 25.4 Å². The van der Waals surface area contributed by atoms with Crippen molar-refractivity contribution in [2.24, 2.45) is 0 Å². The normalized spacial score (nSPS) is 21.7. The lowest BCUT2D eigenvalue weighted by Gasteiger charge is -2.33. The Labute approximate surface area is 104 Å². The van der Waals surface area contributed by atoms with Crippen LogP contribution in [0.2, 0.25) is 0 Å². The van der Waals surface area contributed by atoms with Gasteiger partial charge in [-0.2, -0.15) is 0 Å². The molecule has 0 radical (unpaired) electrons. The van der Waals surface area contributed by atoms with Gasteiger partial charge < -0.3 is 15.4 Å². The molecule has 0 saturated carbocycles. The fraction of sp³-hybridized carbons (Fsp3) is 0.455. The Bertz CT molecular complexity index is 356. The molecule has 1 heterocycles. The van der Waals surface area contributed by atoms with E-state index < -0.39 is 0 Å². The third-order valence-corrected chi connectivity index (χ3v) is 3.42. The van der Waals surface area contributed by atoms with Crippen molar-refractivity contribution in [1.29, 1.82) is 0 Å². The molecule has 2 N–H and O–H groups in total. The number of ether oxygens (including phenoxy) is 1. The largest absolute Gasteiger partial charge is 0.399 e. The lowest BCUT2D eigenvalue weighted by atomic mass is 10.2. The molecule has 4 heteroatoms. The molecule has 3 nitrogen and oxygen atoms in total. The van der Waals surface area contributed by atoms with Gasteiger partial charge in [0, 0.05) is 22.3 Å². The zero-order valence-corrected chi connectivity index (χ0v) is 10.9. The van der Waals surface area contributed by atoms with Gasteiger partial charge in [0.2, 0.25) is 0 Å². The van der Waals surface area contributed by atoms with Gasteiger partial charge in [0.1, 0.15) is 0 Å². The molecule has 1 aliphatic rings. The topological polar surface area (TPSA) is 38.5 Å². The third-order valence-electron chi connectivity index (χ3n) is 2.55. The van der Waals surface area contributed by atoms with Gasteiger partial charge in [0.05, 0.1) is 18.4 Å². The number of morpholine rings is 1. The van der Waals surface area contributed by atoms with Crippen LogP contribution in [-0.2, 0) is 4.74 Å². The Morgan fingerprint density at radius 1 is 1.53 bits per heavy atom. The highest BCUT2D eigenvalue weighted by molar-refractivity contribution is 14.1. The number of benzene rings is 1. The second kappa shape index (κ2) is 4.57. The summed E-state index contributed by atoms with van der Waals surface area (Å²) in [6, 6.07) is 6.06. The Balaban J connectivity index is 2.21. The van der Waals surface area contributed by atoms with Crippen molar-refractivity contribution in [2.75, 3.05) is 30.3 Å². The zero-order valence-electron chi connectivity index (χ0n) is 8.74. The fourth-order valence-electron chi connectivity index (χ4n) is 1.82. The molecule has 1 aliphatic heterocycles. The van der Waals surface area contributed by atoms with E-state index in [1.165, 1.54) is 9.26 Å². The molecular formula is C11H15IN2O. The number of halogens is 1. The summed E-state index contributed by atoms with van der Waals surface area (Å²) in [7, 11) is 0. The number of hydrogen-bond acceptors (Lipinski definition) is 3. The molecule has 0 aliphatic carbocycles. The van der Waals surface area contributed by atoms with Crippen LogP contribution in [0, 0.1) is 3.57 Å². The van der Waals surface area contributed by atoms with E-state index in [-0.39, 0.29) is 0 Å². The molecule has 0 amide bonds. The molecule has 0 spiro atoms. The Kier molecular flexibility index (Phi) is 3.35. The average Bonchev–Trinajstić information content (AvgIpc) is 2.17. The predicted octanol–water partition coefficient (Wildman–Crippen LogP) is 2.10. The van der Waals surface area contributed by atoms with E-state index >= 15 is 0 Å². The molecule has 1 aromatic rings. The standard InChI is InChI=1S/C11H15IN2O/c1-8-7-14(4-5-15-8)11-3-2-9(13)6-10(11)12/h2-3,6,8H,4-5,7,13H2,1H3. The van der Waals surface area contributed by atoms with Crippen LogP contribution >= 0.6 is 22.6 Å². The van der Waals surface area contributed by atoms with Gasteiger partial charge >= 0.3 is 0 Å². The number of nitrogens with two attached hydrogens (primary N) is 1. The first-order valence-corrected chi connectivity index (χ1v) is 6.16. The van der Waals surface area contributed by atoms with Crippen molar-refractivity contribution in [2.45, 2.75) is 13.0 Å². The van der Waals surface area contributed by atoms with E-state index in [1.54, 1.807) is 0 Å². The van der Waals surface area contributed by atoms with Crippen LogP contribution in [0.15, 0.2) is 18.2 Å². The van der Waals surface area contributed by atoms with Crippen molar-refractivity contribution in [3.63, 3.8) is 0 Å². The Morgan fingerprint density at radius 3 is 3.00 bits per heavy atom. The van der Waals surface area contributed by atoms with Crippen LogP contribution in [0.4, 0.5) is 11.4 Å². The summed E-state index contributed by atoms with van der Waals surface area (Å²) in [5, 5.41) is 0. The lowest BCUT2D eigenvalue weighted by Crippen LogP contribution is -2.41. The minimum Gasteiger partial charge on any atom is -0.399 e. The predicted molar refractivity (Wildman–Crippen MR) is 71.2 cm³/mol. The van der Waals surface area contributed by atoms with Gasteiger partial charge in [-0.15, -0.1) is 0 Å². The summed E-state index contributed by atoms with van der Waals surface area (Å²) in [5.41, 5.74) is 7.82. The summed E-state index contributed by atoms with van der Waals surface area (Å²) in [4.78, 5) is 2.36. The third kappa shape index (κ3) is 2.55. The molecule has 0 bridgehead atoms. The smallest absolute Gasteiger partial charge is 0.0722 e. The summed E-state index contributed by atoms with van der Waals surface area (Å²) in [6.45, 7) is 4.84. The van der Waals surface area contributed by atoms with Crippen LogP contribution in [0.5, 0.6) is 0 Å². The number of nitrogen functional groups attached to an aromatic ring is 1. The summed E-state index contributed by atoms with van der Waals surface area (Å²) in [6.07, 6.45) is 0.312. The van der Waals surface area contributed by atoms with Gasteiger partial charge in [-0.3, -0.25) is 0 Å². The molecular weight excluding hydrogens is 303 g/mol. The van der Waals surface area contributed by atoms with E-state index in [1.807, 2.05) is 12.1 Å². The van der Waals surface area contributed by atoms with Gasteiger partial charge in [-0.25, -0.2) is 0 Å². The van der Waals surface area contributed by atoms with Crippen LogP contribution in [0.25, 0.3) is 0 Å². The van der Waals surface area contributed by atoms with Crippen molar-refractivity contribution in [3.05, 3.63) is 21.8 Å². The van der Waals surface area contributed by atoms with E-state index in [9.17, 15) is 0 Å². The second-order valence-electron chi connectivity index (χ2n) is 3.84. The minimum absolute atomic E-state index is 0.312. The number of nitrogens with zero attached hydrogens (tertiary/aromatic N) is 1. The fourth-order valence-corrected chi connectivity index (χ4v) is 2.70. The molecule has 15 heavy (non-hydrogen) atoms. The number of anilines is 2. The van der Waals surface area contributed by atoms with Crippen molar-refractivity contribution >= 4 is 34.0 Å². The van der Waals surface area contributed by atoms with E-state index in [4.69, 9.17) is 10.5 Å². The SMILES string of the molecule is CC1CN(c2ccc(N)cc2I)CCO1. The van der Waals surface area contributed by atoms with Crippen molar-refractivity contribution in [3.8, 4) is 0 Å². The van der Waals surface area contributed by atoms with Gasteiger partial charge in [-0.1, -0.05) is 0 Å². The van der Waals surface area contributed by atoms with Crippen LogP contribution in [0.1, 0.15) is 6.92 Å². The highest BCUT2D eigenvalue weighted by atomic mass is 127. The minimum atomic E-state index is 0.312. The van der Waals surface area contributed by atoms with Crippen molar-refractivity contribution < 1.29 is 4.74 Å². The summed E-state index contributed by atoms with van der Waals surface area (Å²) in [5.74, 6) is 0. The summed E-state index contributed by atoms with van der Waals surface area (Å²) >= 11 is 2.33. The highest BCUT2D eigenvalue weighted by Gasteiger charge is 2.18. The molecule has 1 atom stereocenters. The van der Waals surface area contributed by atoms with Crippen LogP contribution < -0.4 is 10.6 Å². The lowest BCUT2D eigenvalue weighted by molar-refractivity contribution is 0.0532. The summed E-state index contributed by atoms with van der Waals surface area (Å²) < 4.78 is 6.73. The van der Waals surface area contributed by atoms with Crippen molar-refractivity contribution in [1.82, 2.24) is 0 Å². The van der Waals surface area contributed by atoms with Gasteiger partial charge in [-0.05, 0) is 47.7 Å². The first kappa shape index (κ1) is 11.0. The first-order valence-electron chi connectivity index (χ1n) is 5.08. The Morgan fingerprint density at radius 2 is 2.33 bits per heavy atom. The molecule has 1 unspecified atom stereocenters. The second-order valence-corrected chi connectivity index (χ2v) is 5.00.